The van der Waals surface area contributed by atoms with Gasteiger partial charge in [-0.15, -0.1) is 0 Å². The summed E-state index contributed by atoms with van der Waals surface area (Å²) in [6, 6.07) is 1.28. The summed E-state index contributed by atoms with van der Waals surface area (Å²) >= 11 is 0. The van der Waals surface area contributed by atoms with Crippen LogP contribution in [0, 0.1) is 0 Å². The fourth-order valence-corrected chi connectivity index (χ4v) is 3.18. The van der Waals surface area contributed by atoms with Gasteiger partial charge in [0, 0.05) is 18.6 Å². The van der Waals surface area contributed by atoms with Gasteiger partial charge in [-0.2, -0.15) is 0 Å². The zero-order chi connectivity index (χ0) is 11.6. The van der Waals surface area contributed by atoms with Gasteiger partial charge in [0.15, 0.2) is 0 Å². The first-order valence-electron chi connectivity index (χ1n) is 6.80. The Balaban J connectivity index is 1.95. The van der Waals surface area contributed by atoms with Crippen LogP contribution in [0.2, 0.25) is 0 Å². The molecule has 0 saturated carbocycles. The second kappa shape index (κ2) is 5.03. The average Bonchev–Trinajstić information content (AvgIpc) is 2.25. The Morgan fingerprint density at radius 3 is 2.31 bits per heavy atom. The number of hydrogen-bond donors (Lipinski definition) is 2. The van der Waals surface area contributed by atoms with Crippen molar-refractivity contribution in [1.82, 2.24) is 10.2 Å². The van der Waals surface area contributed by atoms with Gasteiger partial charge in [-0.1, -0.05) is 6.42 Å². The van der Waals surface area contributed by atoms with Gasteiger partial charge in [0.25, 0.3) is 0 Å². The molecule has 16 heavy (non-hydrogen) atoms. The van der Waals surface area contributed by atoms with Crippen LogP contribution in [-0.2, 0) is 0 Å². The van der Waals surface area contributed by atoms with Crippen molar-refractivity contribution in [3.8, 4) is 0 Å². The minimum atomic E-state index is -0.439. The smallest absolute Gasteiger partial charge is 0.0798 e. The molecule has 2 rings (SSSR count). The fourth-order valence-electron chi connectivity index (χ4n) is 3.18. The number of rotatable bonds is 2. The van der Waals surface area contributed by atoms with E-state index in [2.05, 4.69) is 24.1 Å². The molecule has 2 aliphatic rings. The molecule has 0 bridgehead atoms. The van der Waals surface area contributed by atoms with Gasteiger partial charge in [0.05, 0.1) is 5.60 Å². The standard InChI is InChI=1S/C13H26N2O/c1-11-4-3-5-12(2)15(11)10-13(16)6-8-14-9-7-13/h11-12,14,16H,3-10H2,1-2H3. The lowest BCUT2D eigenvalue weighted by Gasteiger charge is -2.45. The highest BCUT2D eigenvalue weighted by molar-refractivity contribution is 4.91. The first-order valence-corrected chi connectivity index (χ1v) is 6.80. The number of piperidine rings is 2. The Hall–Kier alpha value is -0.120. The summed E-state index contributed by atoms with van der Waals surface area (Å²) in [5, 5.41) is 13.9. The normalized spacial score (nSPS) is 36.2. The predicted molar refractivity (Wildman–Crippen MR) is 66.5 cm³/mol. The summed E-state index contributed by atoms with van der Waals surface area (Å²) in [5.74, 6) is 0. The van der Waals surface area contributed by atoms with Crippen LogP contribution in [0.25, 0.3) is 0 Å². The molecule has 2 atom stereocenters. The van der Waals surface area contributed by atoms with E-state index in [0.717, 1.165) is 32.5 Å². The van der Waals surface area contributed by atoms with Gasteiger partial charge in [-0.3, -0.25) is 4.90 Å². The van der Waals surface area contributed by atoms with E-state index in [1.807, 2.05) is 0 Å². The van der Waals surface area contributed by atoms with Crippen LogP contribution in [0.3, 0.4) is 0 Å². The predicted octanol–water partition coefficient (Wildman–Crippen LogP) is 1.36. The van der Waals surface area contributed by atoms with Crippen molar-refractivity contribution in [3.05, 3.63) is 0 Å². The second-order valence-electron chi connectivity index (χ2n) is 5.78. The lowest BCUT2D eigenvalue weighted by Crippen LogP contribution is -2.55. The summed E-state index contributed by atoms with van der Waals surface area (Å²) in [6.45, 7) is 7.41. The van der Waals surface area contributed by atoms with E-state index in [0.29, 0.717) is 12.1 Å². The van der Waals surface area contributed by atoms with Crippen molar-refractivity contribution >= 4 is 0 Å². The molecular formula is C13H26N2O. The van der Waals surface area contributed by atoms with Crippen LogP contribution in [0.5, 0.6) is 0 Å². The number of aliphatic hydroxyl groups is 1. The third-order valence-electron chi connectivity index (χ3n) is 4.39. The molecule has 0 aromatic rings. The topological polar surface area (TPSA) is 35.5 Å². The van der Waals surface area contributed by atoms with Crippen LogP contribution >= 0.6 is 0 Å². The largest absolute Gasteiger partial charge is 0.388 e. The minimum absolute atomic E-state index is 0.439. The second-order valence-corrected chi connectivity index (χ2v) is 5.78. The molecule has 0 spiro atoms. The van der Waals surface area contributed by atoms with Gasteiger partial charge in [0.1, 0.15) is 0 Å². The first kappa shape index (κ1) is 12.3. The molecule has 0 aromatic heterocycles. The van der Waals surface area contributed by atoms with Crippen LogP contribution in [0.1, 0.15) is 46.0 Å². The maximum absolute atomic E-state index is 10.6. The lowest BCUT2D eigenvalue weighted by molar-refractivity contribution is -0.0484. The highest BCUT2D eigenvalue weighted by atomic mass is 16.3. The Kier molecular flexibility index (Phi) is 3.88. The first-order chi connectivity index (χ1) is 7.61. The summed E-state index contributed by atoms with van der Waals surface area (Å²) < 4.78 is 0. The molecular weight excluding hydrogens is 200 g/mol. The highest BCUT2D eigenvalue weighted by Crippen LogP contribution is 2.27. The van der Waals surface area contributed by atoms with Crippen LogP contribution in [0.15, 0.2) is 0 Å². The molecule has 0 radical (unpaired) electrons. The van der Waals surface area contributed by atoms with E-state index in [9.17, 15) is 5.11 Å². The number of likely N-dealkylation sites (tertiary alicyclic amines) is 1. The minimum Gasteiger partial charge on any atom is -0.388 e. The Morgan fingerprint density at radius 1 is 1.19 bits per heavy atom. The molecule has 2 aliphatic heterocycles. The molecule has 0 aliphatic carbocycles. The number of nitrogens with one attached hydrogen (secondary N) is 1. The molecule has 2 fully saturated rings. The number of β-amino-alcohol motifs (C(OH)–C–C–N with tert-alkyl or cyclic N) is 1. The summed E-state index contributed by atoms with van der Waals surface area (Å²) in [7, 11) is 0. The maximum Gasteiger partial charge on any atom is 0.0798 e. The lowest BCUT2D eigenvalue weighted by atomic mass is 9.88. The highest BCUT2D eigenvalue weighted by Gasteiger charge is 2.35. The van der Waals surface area contributed by atoms with Gasteiger partial charge >= 0.3 is 0 Å². The average molecular weight is 226 g/mol. The zero-order valence-electron chi connectivity index (χ0n) is 10.7. The van der Waals surface area contributed by atoms with E-state index in [-0.39, 0.29) is 0 Å². The van der Waals surface area contributed by atoms with Gasteiger partial charge in [-0.05, 0) is 52.6 Å². The van der Waals surface area contributed by atoms with Crippen molar-refractivity contribution in [3.63, 3.8) is 0 Å². The van der Waals surface area contributed by atoms with E-state index < -0.39 is 5.60 Å². The summed E-state index contributed by atoms with van der Waals surface area (Å²) in [5.41, 5.74) is -0.439. The van der Waals surface area contributed by atoms with Crippen molar-refractivity contribution in [1.29, 1.82) is 0 Å². The van der Waals surface area contributed by atoms with Crippen molar-refractivity contribution < 1.29 is 5.11 Å². The molecule has 3 nitrogen and oxygen atoms in total. The number of hydrogen-bond acceptors (Lipinski definition) is 3. The molecule has 3 heteroatoms. The van der Waals surface area contributed by atoms with E-state index >= 15 is 0 Å². The van der Waals surface area contributed by atoms with Crippen molar-refractivity contribution in [2.75, 3.05) is 19.6 Å². The Labute approximate surface area is 99.2 Å². The SMILES string of the molecule is CC1CCCC(C)N1CC1(O)CCNCC1. The third-order valence-corrected chi connectivity index (χ3v) is 4.39. The van der Waals surface area contributed by atoms with E-state index in [4.69, 9.17) is 0 Å². The molecule has 0 amide bonds. The summed E-state index contributed by atoms with van der Waals surface area (Å²) in [6.07, 6.45) is 5.74. The van der Waals surface area contributed by atoms with Crippen LogP contribution in [0.4, 0.5) is 0 Å². The molecule has 2 heterocycles. The van der Waals surface area contributed by atoms with Crippen molar-refractivity contribution in [2.24, 2.45) is 0 Å². The quantitative estimate of drug-likeness (QED) is 0.746. The monoisotopic (exact) mass is 226 g/mol. The Bertz CT molecular complexity index is 216. The van der Waals surface area contributed by atoms with Gasteiger partial charge < -0.3 is 10.4 Å². The van der Waals surface area contributed by atoms with E-state index in [1.165, 1.54) is 19.3 Å². The molecule has 2 unspecified atom stereocenters. The molecule has 0 aromatic carbocycles. The fraction of sp³-hybridized carbons (Fsp3) is 1.00. The number of nitrogens with zero attached hydrogens (tertiary/aromatic N) is 1. The molecule has 2 saturated heterocycles. The maximum atomic E-state index is 10.6. The van der Waals surface area contributed by atoms with Crippen LogP contribution in [-0.4, -0.2) is 47.3 Å². The van der Waals surface area contributed by atoms with Gasteiger partial charge in [-0.25, -0.2) is 0 Å². The summed E-state index contributed by atoms with van der Waals surface area (Å²) in [4.78, 5) is 2.52. The van der Waals surface area contributed by atoms with Crippen molar-refractivity contribution in [2.45, 2.75) is 63.6 Å². The Morgan fingerprint density at radius 2 is 1.75 bits per heavy atom. The van der Waals surface area contributed by atoms with Gasteiger partial charge in [0.2, 0.25) is 0 Å². The third kappa shape index (κ3) is 2.76. The zero-order valence-corrected chi connectivity index (χ0v) is 10.7. The molecule has 94 valence electrons. The molecule has 2 N–H and O–H groups in total. The van der Waals surface area contributed by atoms with E-state index in [1.54, 1.807) is 0 Å². The van der Waals surface area contributed by atoms with Crippen LogP contribution < -0.4 is 5.32 Å².